The second-order valence-corrected chi connectivity index (χ2v) is 6.24. The largest absolute Gasteiger partial charge is 0.307 e. The Morgan fingerprint density at radius 1 is 1.35 bits per heavy atom. The molecule has 0 aliphatic heterocycles. The lowest BCUT2D eigenvalue weighted by molar-refractivity contribution is 0.468. The summed E-state index contributed by atoms with van der Waals surface area (Å²) in [4.78, 5) is 0. The molecule has 0 bridgehead atoms. The zero-order chi connectivity index (χ0) is 12.8. The highest BCUT2D eigenvalue weighted by Gasteiger charge is 2.13. The van der Waals surface area contributed by atoms with Crippen molar-refractivity contribution in [2.24, 2.45) is 0 Å². The van der Waals surface area contributed by atoms with E-state index in [0.717, 1.165) is 11.4 Å². The van der Waals surface area contributed by atoms with E-state index in [4.69, 9.17) is 11.6 Å². The molecule has 3 unspecified atom stereocenters. The van der Waals surface area contributed by atoms with Gasteiger partial charge in [0.15, 0.2) is 0 Å². The molecule has 3 atom stereocenters. The first kappa shape index (κ1) is 14.7. The van der Waals surface area contributed by atoms with Gasteiger partial charge in [-0.2, -0.15) is 0 Å². The molecular formula is C13H20ClNOS. The van der Waals surface area contributed by atoms with E-state index in [1.54, 1.807) is 6.26 Å². The standard InChI is InChI=1S/C13H20ClNOS/c1-4-13(15-10(2)9-17(3)16)11-5-7-12(14)8-6-11/h5-8,10,13,15H,4,9H2,1-3H3. The van der Waals surface area contributed by atoms with E-state index in [0.29, 0.717) is 11.8 Å². The van der Waals surface area contributed by atoms with Crippen LogP contribution in [0.2, 0.25) is 5.02 Å². The average molecular weight is 274 g/mol. The fourth-order valence-electron chi connectivity index (χ4n) is 1.89. The van der Waals surface area contributed by atoms with Crippen molar-refractivity contribution in [3.05, 3.63) is 34.9 Å². The molecule has 1 N–H and O–H groups in total. The van der Waals surface area contributed by atoms with E-state index in [2.05, 4.69) is 19.2 Å². The van der Waals surface area contributed by atoms with Gasteiger partial charge in [-0.1, -0.05) is 30.7 Å². The highest BCUT2D eigenvalue weighted by Crippen LogP contribution is 2.19. The Kier molecular flexibility index (Phi) is 6.17. The molecule has 96 valence electrons. The van der Waals surface area contributed by atoms with Gasteiger partial charge < -0.3 is 5.32 Å². The number of nitrogens with one attached hydrogen (secondary N) is 1. The first-order chi connectivity index (χ1) is 8.02. The number of benzene rings is 1. The summed E-state index contributed by atoms with van der Waals surface area (Å²) in [6, 6.07) is 8.44. The summed E-state index contributed by atoms with van der Waals surface area (Å²) in [6.07, 6.45) is 2.74. The summed E-state index contributed by atoms with van der Waals surface area (Å²) in [7, 11) is -0.758. The first-order valence-corrected chi connectivity index (χ1v) is 7.95. The number of halogens is 1. The van der Waals surface area contributed by atoms with Crippen molar-refractivity contribution in [1.29, 1.82) is 0 Å². The smallest absolute Gasteiger partial charge is 0.0406 e. The maximum atomic E-state index is 11.2. The molecule has 0 radical (unpaired) electrons. The SMILES string of the molecule is CCC(NC(C)CS(C)=O)c1ccc(Cl)cc1. The molecule has 17 heavy (non-hydrogen) atoms. The molecule has 0 saturated carbocycles. The van der Waals surface area contributed by atoms with Crippen molar-refractivity contribution in [3.63, 3.8) is 0 Å². The molecule has 0 fully saturated rings. The molecule has 1 aromatic rings. The molecular weight excluding hydrogens is 254 g/mol. The van der Waals surface area contributed by atoms with Crippen molar-refractivity contribution in [2.75, 3.05) is 12.0 Å². The molecule has 0 aromatic heterocycles. The van der Waals surface area contributed by atoms with Crippen LogP contribution in [-0.2, 0) is 10.8 Å². The van der Waals surface area contributed by atoms with Crippen LogP contribution in [0.3, 0.4) is 0 Å². The quantitative estimate of drug-likeness (QED) is 0.863. The predicted molar refractivity (Wildman–Crippen MR) is 76.0 cm³/mol. The van der Waals surface area contributed by atoms with Gasteiger partial charge in [-0.05, 0) is 31.0 Å². The highest BCUT2D eigenvalue weighted by molar-refractivity contribution is 7.84. The van der Waals surface area contributed by atoms with Crippen LogP contribution in [0, 0.1) is 0 Å². The van der Waals surface area contributed by atoms with Crippen molar-refractivity contribution in [3.8, 4) is 0 Å². The summed E-state index contributed by atoms with van der Waals surface area (Å²) < 4.78 is 11.2. The fraction of sp³-hybridized carbons (Fsp3) is 0.538. The Hall–Kier alpha value is -0.380. The lowest BCUT2D eigenvalue weighted by Gasteiger charge is -2.22. The Bertz CT molecular complexity index is 366. The van der Waals surface area contributed by atoms with Crippen molar-refractivity contribution >= 4 is 22.4 Å². The van der Waals surface area contributed by atoms with Gasteiger partial charge in [0, 0.05) is 39.9 Å². The van der Waals surface area contributed by atoms with E-state index in [1.807, 2.05) is 24.3 Å². The summed E-state index contributed by atoms with van der Waals surface area (Å²) in [5, 5.41) is 4.25. The Balaban J connectivity index is 2.65. The average Bonchev–Trinajstić information content (AvgIpc) is 2.26. The zero-order valence-corrected chi connectivity index (χ0v) is 12.1. The summed E-state index contributed by atoms with van der Waals surface area (Å²) in [5.41, 5.74) is 1.23. The van der Waals surface area contributed by atoms with Crippen molar-refractivity contribution < 1.29 is 4.21 Å². The Morgan fingerprint density at radius 3 is 2.41 bits per heavy atom. The normalized spacial score (nSPS) is 16.5. The van der Waals surface area contributed by atoms with Gasteiger partial charge in [-0.15, -0.1) is 0 Å². The molecule has 1 rings (SSSR count). The maximum absolute atomic E-state index is 11.2. The predicted octanol–water partition coefficient (Wildman–Crippen LogP) is 3.15. The minimum Gasteiger partial charge on any atom is -0.307 e. The van der Waals surface area contributed by atoms with E-state index < -0.39 is 10.8 Å². The van der Waals surface area contributed by atoms with E-state index in [-0.39, 0.29) is 6.04 Å². The molecule has 0 aliphatic rings. The first-order valence-electron chi connectivity index (χ1n) is 5.84. The van der Waals surface area contributed by atoms with Crippen molar-refractivity contribution in [1.82, 2.24) is 5.32 Å². The maximum Gasteiger partial charge on any atom is 0.0406 e. The van der Waals surface area contributed by atoms with Gasteiger partial charge >= 0.3 is 0 Å². The van der Waals surface area contributed by atoms with Crippen LogP contribution in [-0.4, -0.2) is 22.3 Å². The molecule has 0 spiro atoms. The Morgan fingerprint density at radius 2 is 1.94 bits per heavy atom. The van der Waals surface area contributed by atoms with Crippen LogP contribution >= 0.6 is 11.6 Å². The third kappa shape index (κ3) is 5.19. The number of hydrogen-bond donors (Lipinski definition) is 1. The third-order valence-corrected chi connectivity index (χ3v) is 3.87. The van der Waals surface area contributed by atoms with Crippen LogP contribution in [0.15, 0.2) is 24.3 Å². The molecule has 0 aliphatic carbocycles. The van der Waals surface area contributed by atoms with Crippen LogP contribution < -0.4 is 5.32 Å². The fourth-order valence-corrected chi connectivity index (χ4v) is 2.81. The highest BCUT2D eigenvalue weighted by atomic mass is 35.5. The molecule has 2 nitrogen and oxygen atoms in total. The molecule has 4 heteroatoms. The number of hydrogen-bond acceptors (Lipinski definition) is 2. The van der Waals surface area contributed by atoms with Crippen LogP contribution in [0.1, 0.15) is 31.9 Å². The lowest BCUT2D eigenvalue weighted by Crippen LogP contribution is -2.34. The second kappa shape index (κ2) is 7.14. The van der Waals surface area contributed by atoms with Crippen molar-refractivity contribution in [2.45, 2.75) is 32.4 Å². The molecule has 0 heterocycles. The van der Waals surface area contributed by atoms with Crippen LogP contribution in [0.25, 0.3) is 0 Å². The van der Waals surface area contributed by atoms with Crippen LogP contribution in [0.4, 0.5) is 0 Å². The topological polar surface area (TPSA) is 29.1 Å². The Labute approximate surface area is 111 Å². The van der Waals surface area contributed by atoms with Gasteiger partial charge in [-0.25, -0.2) is 0 Å². The lowest BCUT2D eigenvalue weighted by atomic mass is 10.0. The van der Waals surface area contributed by atoms with Gasteiger partial charge in [0.2, 0.25) is 0 Å². The van der Waals surface area contributed by atoms with Crippen LogP contribution in [0.5, 0.6) is 0 Å². The van der Waals surface area contributed by atoms with E-state index >= 15 is 0 Å². The third-order valence-electron chi connectivity index (χ3n) is 2.65. The minimum atomic E-state index is -0.758. The van der Waals surface area contributed by atoms with E-state index in [9.17, 15) is 4.21 Å². The monoisotopic (exact) mass is 273 g/mol. The molecule has 1 aromatic carbocycles. The molecule has 0 amide bonds. The minimum absolute atomic E-state index is 0.251. The van der Waals surface area contributed by atoms with Gasteiger partial charge in [-0.3, -0.25) is 4.21 Å². The van der Waals surface area contributed by atoms with E-state index in [1.165, 1.54) is 5.56 Å². The zero-order valence-electron chi connectivity index (χ0n) is 10.6. The summed E-state index contributed by atoms with van der Waals surface area (Å²) in [6.45, 7) is 4.21. The summed E-state index contributed by atoms with van der Waals surface area (Å²) in [5.74, 6) is 0.685. The van der Waals surface area contributed by atoms with Gasteiger partial charge in [0.1, 0.15) is 0 Å². The van der Waals surface area contributed by atoms with Gasteiger partial charge in [0.05, 0.1) is 0 Å². The van der Waals surface area contributed by atoms with Gasteiger partial charge in [0.25, 0.3) is 0 Å². The summed E-state index contributed by atoms with van der Waals surface area (Å²) >= 11 is 5.87. The second-order valence-electron chi connectivity index (χ2n) is 4.32. The molecule has 0 saturated heterocycles. The number of rotatable bonds is 6.